The number of carbonyl (C=O) groups is 3. The Kier molecular flexibility index (Phi) is 19.7. The van der Waals surface area contributed by atoms with Gasteiger partial charge in [-0.1, -0.05) is 76.6 Å². The molecule has 16 atom stereocenters. The molecule has 1 fully saturated rings. The lowest BCUT2D eigenvalue weighted by Gasteiger charge is -2.37. The largest absolute Gasteiger partial charge is 0.455 e. The Hall–Kier alpha value is -3.08. The number of carbonyl (C=O) groups excluding carboxylic acids is 3. The van der Waals surface area contributed by atoms with Gasteiger partial charge in [-0.05, 0) is 98.5 Å². The number of aromatic nitrogens is 1. The first-order valence-electron chi connectivity index (χ1n) is 22.5. The minimum absolute atomic E-state index is 0.0203. The SMILES string of the molecule is CO[C@@H]1/C(C)=C/C=C/[C@H](C)[C@H]([C@](C)(O)/C=C(/C)Cc2csc([C@@]3(C)O[C@@H]3C)n2)OC(=O)[C@@](C)(OC(=O)[C@H](C)[C@H](C)O)CC[C@@H](C)C[C@H](O)[C@@H](C)C(=O)[C@H](C)/C=C\C[C@H](C)[C@H](O)[C@@H]1O. The fourth-order valence-corrected chi connectivity index (χ4v) is 9.08. The number of nitrogens with zero attached hydrogens (tertiary/aromatic N) is 1. The number of methoxy groups -OCH3 is 1. The molecule has 0 bridgehead atoms. The van der Waals surface area contributed by atoms with Gasteiger partial charge in [-0.3, -0.25) is 9.59 Å². The molecular formula is C49H77NO12S. The van der Waals surface area contributed by atoms with E-state index in [-0.39, 0.29) is 36.6 Å². The molecular weight excluding hydrogens is 827 g/mol. The van der Waals surface area contributed by atoms with E-state index in [1.54, 1.807) is 78.0 Å². The van der Waals surface area contributed by atoms with Gasteiger partial charge in [0, 0.05) is 36.7 Å². The number of aliphatic hydroxyl groups is 5. The lowest BCUT2D eigenvalue weighted by atomic mass is 9.84. The fourth-order valence-electron chi connectivity index (χ4n) is 8.08. The van der Waals surface area contributed by atoms with Gasteiger partial charge < -0.3 is 44.5 Å². The number of hydrogen-bond acceptors (Lipinski definition) is 14. The third-order valence-corrected chi connectivity index (χ3v) is 14.3. The monoisotopic (exact) mass is 904 g/mol. The Morgan fingerprint density at radius 3 is 2.30 bits per heavy atom. The van der Waals surface area contributed by atoms with Crippen molar-refractivity contribution in [2.75, 3.05) is 7.11 Å². The molecule has 0 spiro atoms. The molecule has 1 aromatic heterocycles. The summed E-state index contributed by atoms with van der Waals surface area (Å²) in [4.78, 5) is 46.2. The molecule has 13 nitrogen and oxygen atoms in total. The molecule has 5 N–H and O–H groups in total. The maximum Gasteiger partial charge on any atom is 0.350 e. The topological polar surface area (TPSA) is 205 Å². The van der Waals surface area contributed by atoms with Gasteiger partial charge in [0.25, 0.3) is 0 Å². The van der Waals surface area contributed by atoms with E-state index in [4.69, 9.17) is 23.9 Å². The van der Waals surface area contributed by atoms with Crippen LogP contribution in [0.2, 0.25) is 0 Å². The van der Waals surface area contributed by atoms with Crippen LogP contribution < -0.4 is 0 Å². The van der Waals surface area contributed by atoms with Crippen LogP contribution in [0.1, 0.15) is 126 Å². The Morgan fingerprint density at radius 1 is 1.08 bits per heavy atom. The number of aliphatic hydroxyl groups excluding tert-OH is 4. The molecule has 3 heterocycles. The normalized spacial score (nSPS) is 38.7. The molecule has 1 saturated heterocycles. The molecule has 0 amide bonds. The molecule has 356 valence electrons. The Balaban J connectivity index is 2.11. The van der Waals surface area contributed by atoms with Gasteiger partial charge in [-0.2, -0.15) is 0 Å². The Morgan fingerprint density at radius 2 is 1.71 bits per heavy atom. The summed E-state index contributed by atoms with van der Waals surface area (Å²) in [6.07, 6.45) is 5.06. The lowest BCUT2D eigenvalue weighted by molar-refractivity contribution is -0.197. The van der Waals surface area contributed by atoms with Gasteiger partial charge in [-0.15, -0.1) is 11.3 Å². The van der Waals surface area contributed by atoms with E-state index in [0.717, 1.165) is 16.3 Å². The summed E-state index contributed by atoms with van der Waals surface area (Å²) < 4.78 is 23.6. The van der Waals surface area contributed by atoms with Crippen LogP contribution in [0.5, 0.6) is 0 Å². The summed E-state index contributed by atoms with van der Waals surface area (Å²) in [6.45, 7) is 22.4. The minimum Gasteiger partial charge on any atom is -0.455 e. The highest BCUT2D eigenvalue weighted by atomic mass is 32.1. The molecule has 1 aromatic rings. The van der Waals surface area contributed by atoms with Crippen molar-refractivity contribution in [3.8, 4) is 0 Å². The molecule has 2 aliphatic heterocycles. The van der Waals surface area contributed by atoms with Gasteiger partial charge in [0.2, 0.25) is 5.60 Å². The zero-order valence-electron chi connectivity index (χ0n) is 40.0. The van der Waals surface area contributed by atoms with Crippen molar-refractivity contribution >= 4 is 29.1 Å². The molecule has 0 aliphatic carbocycles. The Labute approximate surface area is 379 Å². The number of rotatable bonds is 9. The number of hydrogen-bond donors (Lipinski definition) is 5. The third-order valence-electron chi connectivity index (χ3n) is 13.1. The summed E-state index contributed by atoms with van der Waals surface area (Å²) in [5.41, 5.74) is -1.92. The van der Waals surface area contributed by atoms with E-state index in [2.05, 4.69) is 0 Å². The molecule has 63 heavy (non-hydrogen) atoms. The van der Waals surface area contributed by atoms with Crippen molar-refractivity contribution in [3.63, 3.8) is 0 Å². The van der Waals surface area contributed by atoms with E-state index in [1.807, 2.05) is 33.1 Å². The summed E-state index contributed by atoms with van der Waals surface area (Å²) in [5.74, 6) is -5.38. The molecule has 2 aliphatic rings. The van der Waals surface area contributed by atoms with Crippen molar-refractivity contribution in [1.29, 1.82) is 0 Å². The predicted octanol–water partition coefficient (Wildman–Crippen LogP) is 6.73. The second kappa shape index (κ2) is 22.9. The maximum absolute atomic E-state index is 14.6. The van der Waals surface area contributed by atoms with Gasteiger partial charge in [0.05, 0.1) is 36.0 Å². The lowest BCUT2D eigenvalue weighted by Crippen LogP contribution is -2.51. The molecule has 3 rings (SSSR count). The van der Waals surface area contributed by atoms with Crippen LogP contribution in [0.15, 0.2) is 53.0 Å². The second-order valence-corrected chi connectivity index (χ2v) is 20.1. The number of cyclic esters (lactones) is 1. The van der Waals surface area contributed by atoms with Crippen LogP contribution >= 0.6 is 11.3 Å². The molecule has 14 heteroatoms. The third kappa shape index (κ3) is 14.5. The van der Waals surface area contributed by atoms with E-state index in [0.29, 0.717) is 24.8 Å². The zero-order valence-corrected chi connectivity index (χ0v) is 40.8. The second-order valence-electron chi connectivity index (χ2n) is 19.3. The average Bonchev–Trinajstić information content (AvgIpc) is 3.56. The van der Waals surface area contributed by atoms with Gasteiger partial charge in [-0.25, -0.2) is 9.78 Å². The summed E-state index contributed by atoms with van der Waals surface area (Å²) in [5, 5.41) is 59.1. The standard InChI is InChI=1S/C49H77NO12S/c1-27-21-22-48(12,62-44(56)33(7)35(9)51)46(57)60-43(47(11,58)25-28(2)23-37-26-63-45(50-37)49(13)36(10)61-49)32(6)20-16-19-31(5)42(59-14)41(55)40(54)30(4)18-15-17-29(3)39(53)34(8)38(52)24-27/h15-17,19-20,25-27,29-30,32-36,38,40-43,51-52,54-55,58H,18,21-24H2,1-14H3/b17-15-,20-16+,28-25-,31-19+/t27-,29-,30+,32+,33-,34-,35+,36-,38+,40+,41+,42-,43-,47-,48+,49+/m1/s1. The number of ketones is 1. The van der Waals surface area contributed by atoms with Gasteiger partial charge >= 0.3 is 11.9 Å². The highest BCUT2D eigenvalue weighted by Gasteiger charge is 2.53. The summed E-state index contributed by atoms with van der Waals surface area (Å²) >= 11 is 1.51. The smallest absolute Gasteiger partial charge is 0.350 e. The summed E-state index contributed by atoms with van der Waals surface area (Å²) in [7, 11) is 1.44. The van der Waals surface area contributed by atoms with E-state index in [9.17, 15) is 39.9 Å². The highest BCUT2D eigenvalue weighted by molar-refractivity contribution is 7.09. The number of allylic oxidation sites excluding steroid dienone is 5. The maximum atomic E-state index is 14.6. The number of esters is 2. The number of epoxide rings is 1. The first-order chi connectivity index (χ1) is 29.2. The van der Waals surface area contributed by atoms with Gasteiger partial charge in [0.1, 0.15) is 40.3 Å². The van der Waals surface area contributed by atoms with Crippen LogP contribution in [0, 0.1) is 35.5 Å². The molecule has 0 radical (unpaired) electrons. The van der Waals surface area contributed by atoms with E-state index in [1.165, 1.54) is 39.2 Å². The average molecular weight is 904 g/mol. The predicted molar refractivity (Wildman–Crippen MR) is 243 cm³/mol. The number of Topliss-reactive ketones (excluding diaryl/α,β-unsaturated/α-hetero) is 1. The van der Waals surface area contributed by atoms with Crippen molar-refractivity contribution in [2.45, 2.75) is 182 Å². The van der Waals surface area contributed by atoms with Gasteiger partial charge in [0.15, 0.2) is 0 Å². The molecule has 0 unspecified atom stereocenters. The quantitative estimate of drug-likeness (QED) is 0.0993. The van der Waals surface area contributed by atoms with Crippen LogP contribution in [0.25, 0.3) is 0 Å². The zero-order chi connectivity index (χ0) is 47.8. The highest BCUT2D eigenvalue weighted by Crippen LogP contribution is 2.46. The Bertz CT molecular complexity index is 1820. The molecule has 0 aromatic carbocycles. The van der Waals surface area contributed by atoms with Crippen LogP contribution in [-0.4, -0.2) is 109 Å². The van der Waals surface area contributed by atoms with E-state index < -0.39 is 89.0 Å². The van der Waals surface area contributed by atoms with Crippen molar-refractivity contribution in [3.05, 3.63) is 63.7 Å². The van der Waals surface area contributed by atoms with Crippen molar-refractivity contribution in [1.82, 2.24) is 4.98 Å². The molecule has 0 saturated carbocycles. The number of thiazole rings is 1. The number of ether oxygens (including phenoxy) is 4. The van der Waals surface area contributed by atoms with Crippen molar-refractivity contribution in [2.24, 2.45) is 35.5 Å². The van der Waals surface area contributed by atoms with E-state index >= 15 is 0 Å². The van der Waals surface area contributed by atoms with Crippen LogP contribution in [0.4, 0.5) is 0 Å². The first-order valence-corrected chi connectivity index (χ1v) is 23.3. The van der Waals surface area contributed by atoms with Crippen molar-refractivity contribution < 1.29 is 58.9 Å². The van der Waals surface area contributed by atoms with Crippen LogP contribution in [-0.2, 0) is 45.4 Å². The summed E-state index contributed by atoms with van der Waals surface area (Å²) in [6, 6.07) is 0. The first kappa shape index (κ1) is 54.3. The fraction of sp³-hybridized carbons (Fsp3) is 0.714. The van der Waals surface area contributed by atoms with Crippen LogP contribution in [0.3, 0.4) is 0 Å². The minimum atomic E-state index is -1.88.